The summed E-state index contributed by atoms with van der Waals surface area (Å²) in [6.07, 6.45) is 1.97. The van der Waals surface area contributed by atoms with Crippen LogP contribution in [0, 0.1) is 0 Å². The fourth-order valence-corrected chi connectivity index (χ4v) is 1.67. The number of rotatable bonds is 1. The summed E-state index contributed by atoms with van der Waals surface area (Å²) in [5.74, 6) is 0. The molecule has 1 aromatic carbocycles. The highest BCUT2D eigenvalue weighted by atomic mass is 79.9. The molecule has 12 heavy (non-hydrogen) atoms. The Bertz CT molecular complexity index is 406. The van der Waals surface area contributed by atoms with Crippen LogP contribution in [0.3, 0.4) is 0 Å². The lowest BCUT2D eigenvalue weighted by Gasteiger charge is -1.95. The summed E-state index contributed by atoms with van der Waals surface area (Å²) in [5.41, 5.74) is 2.28. The molecule has 0 atom stereocenters. The first-order chi connectivity index (χ1) is 5.81. The third kappa shape index (κ3) is 1.10. The minimum atomic E-state index is 1.10. The predicted molar refractivity (Wildman–Crippen MR) is 55.5 cm³/mol. The largest absolute Gasteiger partial charge is 0.386 e. The molecule has 2 rings (SSSR count). The van der Waals surface area contributed by atoms with Crippen molar-refractivity contribution in [2.24, 2.45) is 0 Å². The van der Waals surface area contributed by atoms with E-state index in [1.165, 1.54) is 5.39 Å². The molecule has 0 aliphatic carbocycles. The Kier molecular flexibility index (Phi) is 1.81. The Labute approximate surface area is 79.1 Å². The fourth-order valence-electron chi connectivity index (χ4n) is 1.31. The lowest BCUT2D eigenvalue weighted by Crippen LogP contribution is -1.83. The molecule has 2 aromatic rings. The molecule has 0 spiro atoms. The second-order valence-electron chi connectivity index (χ2n) is 2.64. The van der Waals surface area contributed by atoms with Crippen LogP contribution in [0.1, 0.15) is 0 Å². The lowest BCUT2D eigenvalue weighted by atomic mass is 10.2. The number of fused-ring (bicyclic) bond motifs is 1. The summed E-state index contributed by atoms with van der Waals surface area (Å²) in [7, 11) is 1.92. The second-order valence-corrected chi connectivity index (χ2v) is 3.56. The van der Waals surface area contributed by atoms with E-state index < -0.39 is 0 Å². The molecule has 0 fully saturated rings. The summed E-state index contributed by atoms with van der Waals surface area (Å²) in [5, 5.41) is 4.35. The van der Waals surface area contributed by atoms with E-state index in [1.54, 1.807) is 0 Å². The van der Waals surface area contributed by atoms with Crippen molar-refractivity contribution in [3.8, 4) is 0 Å². The average Bonchev–Trinajstić information content (AvgIpc) is 2.46. The van der Waals surface area contributed by atoms with Crippen LogP contribution in [0.4, 0.5) is 5.69 Å². The number of halogens is 1. The van der Waals surface area contributed by atoms with Crippen molar-refractivity contribution >= 4 is 32.5 Å². The van der Waals surface area contributed by atoms with Crippen LogP contribution in [-0.2, 0) is 0 Å². The maximum absolute atomic E-state index is 3.42. The topological polar surface area (TPSA) is 27.8 Å². The lowest BCUT2D eigenvalue weighted by molar-refractivity contribution is 1.45. The molecule has 1 heterocycles. The zero-order valence-corrected chi connectivity index (χ0v) is 8.27. The Balaban J connectivity index is 2.73. The van der Waals surface area contributed by atoms with Gasteiger partial charge in [0.2, 0.25) is 0 Å². The number of anilines is 1. The number of nitrogens with one attached hydrogen (secondary N) is 2. The minimum Gasteiger partial charge on any atom is -0.386 e. The van der Waals surface area contributed by atoms with Gasteiger partial charge in [0.05, 0.1) is 5.69 Å². The van der Waals surface area contributed by atoms with Gasteiger partial charge in [-0.1, -0.05) is 15.9 Å². The molecular weight excluding hydrogens is 216 g/mol. The molecule has 0 amide bonds. The highest BCUT2D eigenvalue weighted by Gasteiger charge is 2.00. The molecule has 0 aliphatic heterocycles. The van der Waals surface area contributed by atoms with Crippen LogP contribution in [0.5, 0.6) is 0 Å². The van der Waals surface area contributed by atoms with E-state index in [2.05, 4.69) is 38.4 Å². The highest BCUT2D eigenvalue weighted by Crippen LogP contribution is 2.25. The normalized spacial score (nSPS) is 10.5. The van der Waals surface area contributed by atoms with E-state index in [1.807, 2.05) is 19.3 Å². The van der Waals surface area contributed by atoms with E-state index in [9.17, 15) is 0 Å². The Morgan fingerprint density at radius 2 is 2.25 bits per heavy atom. The molecular formula is C9H9BrN2. The van der Waals surface area contributed by atoms with Crippen LogP contribution in [0.15, 0.2) is 28.9 Å². The van der Waals surface area contributed by atoms with Gasteiger partial charge < -0.3 is 10.3 Å². The van der Waals surface area contributed by atoms with Crippen LogP contribution in [0.25, 0.3) is 10.9 Å². The monoisotopic (exact) mass is 224 g/mol. The van der Waals surface area contributed by atoms with Gasteiger partial charge in [-0.25, -0.2) is 0 Å². The van der Waals surface area contributed by atoms with Gasteiger partial charge in [0.15, 0.2) is 0 Å². The quantitative estimate of drug-likeness (QED) is 0.767. The third-order valence-electron chi connectivity index (χ3n) is 1.91. The van der Waals surface area contributed by atoms with Gasteiger partial charge in [-0.05, 0) is 18.2 Å². The number of benzene rings is 1. The van der Waals surface area contributed by atoms with Crippen molar-refractivity contribution in [2.45, 2.75) is 0 Å². The molecule has 0 saturated carbocycles. The van der Waals surface area contributed by atoms with E-state index in [-0.39, 0.29) is 0 Å². The summed E-state index contributed by atoms with van der Waals surface area (Å²) >= 11 is 3.42. The molecule has 2 N–H and O–H groups in total. The van der Waals surface area contributed by atoms with Gasteiger partial charge >= 0.3 is 0 Å². The Morgan fingerprint density at radius 1 is 1.42 bits per heavy atom. The molecule has 0 bridgehead atoms. The van der Waals surface area contributed by atoms with E-state index in [0.29, 0.717) is 0 Å². The van der Waals surface area contributed by atoms with Gasteiger partial charge in [0.25, 0.3) is 0 Å². The SMILES string of the molecule is CNc1c[nH]c2cc(Br)ccc12. The number of aromatic amines is 1. The van der Waals surface area contributed by atoms with Crippen molar-refractivity contribution in [3.63, 3.8) is 0 Å². The highest BCUT2D eigenvalue weighted by molar-refractivity contribution is 9.10. The maximum Gasteiger partial charge on any atom is 0.0595 e. The first-order valence-electron chi connectivity index (χ1n) is 3.75. The molecule has 0 unspecified atom stereocenters. The van der Waals surface area contributed by atoms with Crippen molar-refractivity contribution < 1.29 is 0 Å². The van der Waals surface area contributed by atoms with Crippen LogP contribution in [-0.4, -0.2) is 12.0 Å². The van der Waals surface area contributed by atoms with Gasteiger partial charge in [-0.3, -0.25) is 0 Å². The molecule has 2 nitrogen and oxygen atoms in total. The van der Waals surface area contributed by atoms with Crippen molar-refractivity contribution in [3.05, 3.63) is 28.9 Å². The van der Waals surface area contributed by atoms with Gasteiger partial charge in [-0.2, -0.15) is 0 Å². The second kappa shape index (κ2) is 2.83. The van der Waals surface area contributed by atoms with Gasteiger partial charge in [-0.15, -0.1) is 0 Å². The molecule has 0 saturated heterocycles. The fraction of sp³-hybridized carbons (Fsp3) is 0.111. The molecule has 3 heteroatoms. The first-order valence-corrected chi connectivity index (χ1v) is 4.55. The predicted octanol–water partition coefficient (Wildman–Crippen LogP) is 2.97. The molecule has 0 aliphatic rings. The third-order valence-corrected chi connectivity index (χ3v) is 2.41. The molecule has 0 radical (unpaired) electrons. The summed E-state index contributed by atoms with van der Waals surface area (Å²) < 4.78 is 1.10. The van der Waals surface area contributed by atoms with Crippen LogP contribution >= 0.6 is 15.9 Å². The Morgan fingerprint density at radius 3 is 3.00 bits per heavy atom. The molecule has 1 aromatic heterocycles. The van der Waals surface area contributed by atoms with Crippen LogP contribution < -0.4 is 5.32 Å². The van der Waals surface area contributed by atoms with Crippen molar-refractivity contribution in [1.82, 2.24) is 4.98 Å². The number of H-pyrrole nitrogens is 1. The number of hydrogen-bond acceptors (Lipinski definition) is 1. The smallest absolute Gasteiger partial charge is 0.0595 e. The standard InChI is InChI=1S/C9H9BrN2/c1-11-9-5-12-8-4-6(10)2-3-7(8)9/h2-5,11-12H,1H3. The van der Waals surface area contributed by atoms with Crippen LogP contribution in [0.2, 0.25) is 0 Å². The van der Waals surface area contributed by atoms with Gasteiger partial charge in [0.1, 0.15) is 0 Å². The van der Waals surface area contributed by atoms with E-state index in [0.717, 1.165) is 15.7 Å². The number of aromatic nitrogens is 1. The summed E-state index contributed by atoms with van der Waals surface area (Å²) in [6, 6.07) is 6.19. The molecule has 62 valence electrons. The summed E-state index contributed by atoms with van der Waals surface area (Å²) in [6.45, 7) is 0. The zero-order chi connectivity index (χ0) is 8.55. The zero-order valence-electron chi connectivity index (χ0n) is 6.69. The van der Waals surface area contributed by atoms with Crippen molar-refractivity contribution in [1.29, 1.82) is 0 Å². The Hall–Kier alpha value is -0.960. The van der Waals surface area contributed by atoms with Gasteiger partial charge in [0, 0.05) is 28.6 Å². The van der Waals surface area contributed by atoms with Crippen molar-refractivity contribution in [2.75, 3.05) is 12.4 Å². The minimum absolute atomic E-state index is 1.10. The van der Waals surface area contributed by atoms with E-state index >= 15 is 0 Å². The number of hydrogen-bond donors (Lipinski definition) is 2. The maximum atomic E-state index is 3.42. The summed E-state index contributed by atoms with van der Waals surface area (Å²) in [4.78, 5) is 3.19. The van der Waals surface area contributed by atoms with E-state index in [4.69, 9.17) is 0 Å². The average molecular weight is 225 g/mol. The first kappa shape index (κ1) is 7.68.